The minimum absolute atomic E-state index is 0.0821. The van der Waals surface area contributed by atoms with E-state index in [-0.39, 0.29) is 36.0 Å². The number of methoxy groups -OCH3 is 1. The van der Waals surface area contributed by atoms with Crippen LogP contribution in [-0.2, 0) is 19.0 Å². The monoisotopic (exact) mass is 679 g/mol. The molecule has 11 heteroatoms. The summed E-state index contributed by atoms with van der Waals surface area (Å²) in [5, 5.41) is 29.7. The molecule has 4 atom stereocenters. The van der Waals surface area contributed by atoms with E-state index in [0.29, 0.717) is 60.7 Å². The second-order valence-electron chi connectivity index (χ2n) is 11.3. The maximum atomic E-state index is 13.6. The molecule has 2 amide bonds. The van der Waals surface area contributed by atoms with Crippen molar-refractivity contribution in [1.82, 2.24) is 4.90 Å². The molecule has 3 N–H and O–H groups in total. The first-order valence-electron chi connectivity index (χ1n) is 14.4. The van der Waals surface area contributed by atoms with Gasteiger partial charge in [-0.15, -0.1) is 0 Å². The van der Waals surface area contributed by atoms with Crippen LogP contribution in [0.4, 0.5) is 0 Å². The topological polar surface area (TPSA) is 134 Å². The molecule has 1 aromatic rings. The number of carboxylic acids is 1. The van der Waals surface area contributed by atoms with E-state index in [1.165, 1.54) is 12.0 Å². The van der Waals surface area contributed by atoms with Gasteiger partial charge in [-0.1, -0.05) is 30.6 Å². The van der Waals surface area contributed by atoms with Gasteiger partial charge >= 0.3 is 13.1 Å². The lowest BCUT2D eigenvalue weighted by atomic mass is 9.58. The summed E-state index contributed by atoms with van der Waals surface area (Å²) in [6.07, 6.45) is 6.44. The maximum Gasteiger partial charge on any atom is 0.455 e. The van der Waals surface area contributed by atoms with Crippen molar-refractivity contribution in [1.29, 1.82) is 0 Å². The third kappa shape index (κ3) is 6.99. The molecule has 0 unspecified atom stereocenters. The minimum Gasteiger partial charge on any atom is -0.504 e. The number of carbonyl (C=O) groups is 3. The number of ether oxygens (including phenoxy) is 1. The van der Waals surface area contributed by atoms with Gasteiger partial charge in [-0.2, -0.15) is 0 Å². The highest BCUT2D eigenvalue weighted by atomic mass is 127. The van der Waals surface area contributed by atoms with E-state index >= 15 is 0 Å². The Labute approximate surface area is 255 Å². The molecule has 41 heavy (non-hydrogen) atoms. The molecule has 4 rings (SSSR count). The highest BCUT2D eigenvalue weighted by molar-refractivity contribution is 14.1. The molecule has 3 aliphatic rings. The highest BCUT2D eigenvalue weighted by Gasteiger charge is 2.56. The average molecular weight is 679 g/mol. The third-order valence-electron chi connectivity index (χ3n) is 8.58. The molecule has 0 spiro atoms. The number of carboxylic acid groups (broad SMARTS) is 1. The van der Waals surface area contributed by atoms with Crippen molar-refractivity contribution >= 4 is 53.6 Å². The van der Waals surface area contributed by atoms with E-state index in [9.17, 15) is 24.5 Å². The molecule has 9 nitrogen and oxygen atoms in total. The number of halogens is 1. The molecule has 1 aromatic carbocycles. The summed E-state index contributed by atoms with van der Waals surface area (Å²) >= 11 is 2.07. The number of benzene rings is 1. The van der Waals surface area contributed by atoms with Crippen LogP contribution in [0.15, 0.2) is 28.9 Å². The van der Waals surface area contributed by atoms with E-state index in [0.717, 1.165) is 28.7 Å². The van der Waals surface area contributed by atoms with Crippen LogP contribution in [0, 0.1) is 21.3 Å². The van der Waals surface area contributed by atoms with E-state index in [4.69, 9.17) is 14.5 Å². The molecule has 2 fully saturated rings. The van der Waals surface area contributed by atoms with Crippen LogP contribution in [0.1, 0.15) is 70.8 Å². The number of imide groups is 1. The number of phenolic OH excluding ortho intramolecular Hbond substituents is 1. The van der Waals surface area contributed by atoms with E-state index in [1.54, 1.807) is 6.07 Å². The summed E-state index contributed by atoms with van der Waals surface area (Å²) in [6, 6.07) is 3.68. The number of likely N-dealkylation sites (tertiary alicyclic amines) is 1. The number of hydrogen-bond acceptors (Lipinski definition) is 7. The van der Waals surface area contributed by atoms with Gasteiger partial charge in [0, 0.05) is 13.0 Å². The van der Waals surface area contributed by atoms with Crippen LogP contribution < -0.4 is 4.74 Å². The number of fused-ring (bicyclic) bond motifs is 3. The molecule has 0 bridgehead atoms. The van der Waals surface area contributed by atoms with Crippen molar-refractivity contribution in [2.75, 3.05) is 13.7 Å². The summed E-state index contributed by atoms with van der Waals surface area (Å²) in [5.74, 6) is -1.76. The van der Waals surface area contributed by atoms with Gasteiger partial charge < -0.3 is 24.6 Å². The molecule has 2 heterocycles. The van der Waals surface area contributed by atoms with E-state index in [2.05, 4.69) is 29.5 Å². The Morgan fingerprint density at radius 3 is 2.63 bits per heavy atom. The fraction of sp³-hybridized carbons (Fsp3) is 0.567. The number of allylic oxidation sites excluding steroid dienone is 2. The summed E-state index contributed by atoms with van der Waals surface area (Å²) in [7, 11) is 0.511. The summed E-state index contributed by atoms with van der Waals surface area (Å²) in [6.45, 7) is 4.40. The molecule has 0 radical (unpaired) electrons. The fourth-order valence-electron chi connectivity index (χ4n) is 6.66. The zero-order valence-electron chi connectivity index (χ0n) is 23.9. The average Bonchev–Trinajstić information content (AvgIpc) is 3.17. The highest BCUT2D eigenvalue weighted by Crippen LogP contribution is 2.51. The van der Waals surface area contributed by atoms with Gasteiger partial charge in [0.25, 0.3) is 0 Å². The number of amides is 2. The Morgan fingerprint density at radius 1 is 1.20 bits per heavy atom. The lowest BCUT2D eigenvalue weighted by Crippen LogP contribution is -2.46. The first-order valence-corrected chi connectivity index (χ1v) is 15.5. The standard InChI is InChI=1S/C30H39BINO8/c1-4-19-15-20-27(30(38)33(29(20)37)11-7-5-6-8-25(34)35)21-16-31(39)41-23(26(19)21)10-9-17(2)12-18-13-22(32)28(36)24(14-18)40-3/h12-14,20-21,23,27,36,39H,4-11,15-16H2,1-3H3,(H,34,35)/b17-12+/t20-,21+,23-,27-/m1/s1. The van der Waals surface area contributed by atoms with Gasteiger partial charge in [0.05, 0.1) is 28.6 Å². The minimum atomic E-state index is -1.01. The van der Waals surface area contributed by atoms with Gasteiger partial charge in [0.2, 0.25) is 11.8 Å². The van der Waals surface area contributed by atoms with Crippen LogP contribution in [0.5, 0.6) is 11.5 Å². The molecule has 2 saturated heterocycles. The maximum absolute atomic E-state index is 13.6. The number of aliphatic carboxylic acids is 1. The van der Waals surface area contributed by atoms with Crippen molar-refractivity contribution < 1.29 is 39.0 Å². The molecule has 0 saturated carbocycles. The number of hydrogen-bond donors (Lipinski definition) is 3. The van der Waals surface area contributed by atoms with Crippen LogP contribution in [0.2, 0.25) is 6.32 Å². The molecule has 1 aliphatic carbocycles. The van der Waals surface area contributed by atoms with Gasteiger partial charge in [0.15, 0.2) is 11.5 Å². The Kier molecular flexibility index (Phi) is 10.6. The van der Waals surface area contributed by atoms with Crippen LogP contribution in [-0.4, -0.2) is 64.8 Å². The number of unbranched alkanes of at least 4 members (excludes halogenated alkanes) is 2. The second kappa shape index (κ2) is 13.7. The first kappa shape index (κ1) is 31.6. The third-order valence-corrected chi connectivity index (χ3v) is 9.41. The number of phenols is 1. The number of aromatic hydroxyl groups is 1. The molecule has 2 aliphatic heterocycles. The normalized spacial score (nSPS) is 24.6. The Balaban J connectivity index is 1.49. The Hall–Kier alpha value is -2.38. The second-order valence-corrected chi connectivity index (χ2v) is 12.4. The van der Waals surface area contributed by atoms with Crippen LogP contribution >= 0.6 is 22.6 Å². The molecular formula is C30H39BINO8. The van der Waals surface area contributed by atoms with Crippen LogP contribution in [0.3, 0.4) is 0 Å². The van der Waals surface area contributed by atoms with Crippen molar-refractivity contribution in [3.8, 4) is 11.5 Å². The van der Waals surface area contributed by atoms with Crippen molar-refractivity contribution in [2.24, 2.45) is 17.8 Å². The van der Waals surface area contributed by atoms with Crippen LogP contribution in [0.25, 0.3) is 6.08 Å². The lowest BCUT2D eigenvalue weighted by molar-refractivity contribution is -0.141. The summed E-state index contributed by atoms with van der Waals surface area (Å²) < 4.78 is 12.0. The van der Waals surface area contributed by atoms with E-state index in [1.807, 2.05) is 19.1 Å². The SMILES string of the molecule is CCC1=C2[C@@H](CC/C(C)=C/c3cc(I)c(O)c(OC)c3)OB(O)C[C@@H]2[C@@H]2C(=O)N(CCCCCC(=O)O)C(=O)[C@@H]2C1. The number of rotatable bonds is 12. The zero-order chi connectivity index (χ0) is 29.8. The van der Waals surface area contributed by atoms with Gasteiger partial charge in [-0.05, 0) is 104 Å². The van der Waals surface area contributed by atoms with Crippen molar-refractivity contribution in [3.63, 3.8) is 0 Å². The van der Waals surface area contributed by atoms with E-state index < -0.39 is 24.9 Å². The Morgan fingerprint density at radius 2 is 1.95 bits per heavy atom. The molecular weight excluding hydrogens is 640 g/mol. The predicted octanol–water partition coefficient (Wildman–Crippen LogP) is 5.04. The summed E-state index contributed by atoms with van der Waals surface area (Å²) in [4.78, 5) is 39.1. The molecule has 222 valence electrons. The zero-order valence-corrected chi connectivity index (χ0v) is 26.1. The van der Waals surface area contributed by atoms with Crippen molar-refractivity contribution in [3.05, 3.63) is 38.0 Å². The fourth-order valence-corrected chi connectivity index (χ4v) is 7.28. The van der Waals surface area contributed by atoms with Gasteiger partial charge in [0.1, 0.15) is 0 Å². The van der Waals surface area contributed by atoms with Crippen molar-refractivity contribution in [2.45, 2.75) is 77.6 Å². The number of nitrogens with zero attached hydrogens (tertiary/aromatic N) is 1. The lowest BCUT2D eigenvalue weighted by Gasteiger charge is -2.43. The summed E-state index contributed by atoms with van der Waals surface area (Å²) in [5.41, 5.74) is 4.24. The quantitative estimate of drug-likeness (QED) is 0.0921. The van der Waals surface area contributed by atoms with Gasteiger partial charge in [-0.25, -0.2) is 0 Å². The first-order chi connectivity index (χ1) is 19.5. The van der Waals surface area contributed by atoms with Gasteiger partial charge in [-0.3, -0.25) is 19.3 Å². The smallest absolute Gasteiger partial charge is 0.455 e. The number of carbonyl (C=O) groups excluding carboxylic acids is 2. The molecule has 0 aromatic heterocycles. The largest absolute Gasteiger partial charge is 0.504 e. The Bertz CT molecular complexity index is 1250. The predicted molar refractivity (Wildman–Crippen MR) is 163 cm³/mol.